The standard InChI is InChI=1S/C16H27ClN2O2/c1-13(2)19(8-4-9-20)16-6-5-14(11-15(16)17)12-18-7-10-21-3/h5-6,11,13,18,20H,4,7-10,12H2,1-3H3. The molecule has 0 fully saturated rings. The number of benzene rings is 1. The SMILES string of the molecule is COCCNCc1ccc(N(CCCO)C(C)C)c(Cl)c1. The molecule has 2 N–H and O–H groups in total. The summed E-state index contributed by atoms with van der Waals surface area (Å²) in [4.78, 5) is 2.22. The second-order valence-electron chi connectivity index (χ2n) is 5.32. The summed E-state index contributed by atoms with van der Waals surface area (Å²) in [5.41, 5.74) is 2.19. The Morgan fingerprint density at radius 1 is 1.38 bits per heavy atom. The Morgan fingerprint density at radius 3 is 2.71 bits per heavy atom. The summed E-state index contributed by atoms with van der Waals surface area (Å²) in [6.07, 6.45) is 0.745. The fourth-order valence-electron chi connectivity index (χ4n) is 2.20. The minimum atomic E-state index is 0.197. The molecular formula is C16H27ClN2O2. The second kappa shape index (κ2) is 10.0. The van der Waals surface area contributed by atoms with Crippen LogP contribution in [0.1, 0.15) is 25.8 Å². The van der Waals surface area contributed by atoms with E-state index in [1.54, 1.807) is 7.11 Å². The van der Waals surface area contributed by atoms with Gasteiger partial charge in [0.05, 0.1) is 17.3 Å². The highest BCUT2D eigenvalue weighted by molar-refractivity contribution is 6.33. The van der Waals surface area contributed by atoms with Crippen LogP contribution in [-0.2, 0) is 11.3 Å². The van der Waals surface area contributed by atoms with Crippen LogP contribution >= 0.6 is 11.6 Å². The number of aliphatic hydroxyl groups excluding tert-OH is 1. The summed E-state index contributed by atoms with van der Waals surface area (Å²) >= 11 is 6.43. The quantitative estimate of drug-likeness (QED) is 0.652. The molecule has 21 heavy (non-hydrogen) atoms. The van der Waals surface area contributed by atoms with Gasteiger partial charge in [0, 0.05) is 39.4 Å². The lowest BCUT2D eigenvalue weighted by Crippen LogP contribution is -2.32. The summed E-state index contributed by atoms with van der Waals surface area (Å²) in [5, 5.41) is 13.1. The number of hydrogen-bond acceptors (Lipinski definition) is 4. The van der Waals surface area contributed by atoms with Gasteiger partial charge >= 0.3 is 0 Å². The number of aliphatic hydroxyl groups is 1. The smallest absolute Gasteiger partial charge is 0.0642 e. The van der Waals surface area contributed by atoms with Gasteiger partial charge in [0.2, 0.25) is 0 Å². The van der Waals surface area contributed by atoms with Gasteiger partial charge in [0.1, 0.15) is 0 Å². The number of nitrogens with one attached hydrogen (secondary N) is 1. The molecule has 0 unspecified atom stereocenters. The van der Waals surface area contributed by atoms with Crippen LogP contribution in [0.2, 0.25) is 5.02 Å². The first-order chi connectivity index (χ1) is 10.1. The normalized spacial score (nSPS) is 11.1. The van der Waals surface area contributed by atoms with Gasteiger partial charge in [-0.3, -0.25) is 0 Å². The second-order valence-corrected chi connectivity index (χ2v) is 5.73. The molecule has 0 amide bonds. The van der Waals surface area contributed by atoms with Gasteiger partial charge in [0.15, 0.2) is 0 Å². The highest BCUT2D eigenvalue weighted by atomic mass is 35.5. The van der Waals surface area contributed by atoms with Crippen molar-refractivity contribution in [3.8, 4) is 0 Å². The molecule has 0 aliphatic heterocycles. The van der Waals surface area contributed by atoms with Crippen LogP contribution < -0.4 is 10.2 Å². The lowest BCUT2D eigenvalue weighted by molar-refractivity contribution is 0.199. The van der Waals surface area contributed by atoms with Gasteiger partial charge in [-0.15, -0.1) is 0 Å². The van der Waals surface area contributed by atoms with Crippen LogP contribution in [0.5, 0.6) is 0 Å². The number of methoxy groups -OCH3 is 1. The van der Waals surface area contributed by atoms with E-state index >= 15 is 0 Å². The zero-order valence-electron chi connectivity index (χ0n) is 13.2. The van der Waals surface area contributed by atoms with E-state index in [0.29, 0.717) is 12.6 Å². The zero-order valence-corrected chi connectivity index (χ0v) is 14.0. The van der Waals surface area contributed by atoms with Crippen molar-refractivity contribution in [1.82, 2.24) is 5.32 Å². The van der Waals surface area contributed by atoms with Crippen LogP contribution in [0.4, 0.5) is 5.69 Å². The van der Waals surface area contributed by atoms with Gasteiger partial charge in [0.25, 0.3) is 0 Å². The Hall–Kier alpha value is -0.810. The molecule has 0 spiro atoms. The lowest BCUT2D eigenvalue weighted by atomic mass is 10.1. The zero-order chi connectivity index (χ0) is 15.7. The maximum atomic E-state index is 9.02. The summed E-state index contributed by atoms with van der Waals surface area (Å²) < 4.78 is 5.00. The van der Waals surface area contributed by atoms with E-state index < -0.39 is 0 Å². The molecule has 0 saturated carbocycles. The van der Waals surface area contributed by atoms with Gasteiger partial charge < -0.3 is 20.1 Å². The fraction of sp³-hybridized carbons (Fsp3) is 0.625. The number of rotatable bonds is 10. The van der Waals surface area contributed by atoms with E-state index in [9.17, 15) is 0 Å². The predicted octanol–water partition coefficient (Wildman–Crippen LogP) is 2.67. The monoisotopic (exact) mass is 314 g/mol. The van der Waals surface area contributed by atoms with Gasteiger partial charge in [-0.2, -0.15) is 0 Å². The van der Waals surface area contributed by atoms with Crippen molar-refractivity contribution in [2.24, 2.45) is 0 Å². The molecule has 0 heterocycles. The summed E-state index contributed by atoms with van der Waals surface area (Å²) in [5.74, 6) is 0. The van der Waals surface area contributed by atoms with E-state index in [1.165, 1.54) is 0 Å². The highest BCUT2D eigenvalue weighted by Crippen LogP contribution is 2.28. The first kappa shape index (κ1) is 18.2. The van der Waals surface area contributed by atoms with E-state index in [-0.39, 0.29) is 6.61 Å². The van der Waals surface area contributed by atoms with E-state index in [4.69, 9.17) is 21.4 Å². The average molecular weight is 315 g/mol. The van der Waals surface area contributed by atoms with Crippen LogP contribution in [0, 0.1) is 0 Å². The number of hydrogen-bond donors (Lipinski definition) is 2. The molecule has 0 aliphatic rings. The minimum absolute atomic E-state index is 0.197. The van der Waals surface area contributed by atoms with Crippen molar-refractivity contribution < 1.29 is 9.84 Å². The molecule has 0 bridgehead atoms. The third kappa shape index (κ3) is 6.22. The minimum Gasteiger partial charge on any atom is -0.396 e. The number of anilines is 1. The van der Waals surface area contributed by atoms with Gasteiger partial charge in [-0.05, 0) is 38.0 Å². The molecule has 0 atom stereocenters. The van der Waals surface area contributed by atoms with Crippen LogP contribution in [-0.4, -0.2) is 44.6 Å². The molecule has 1 rings (SSSR count). The molecule has 120 valence electrons. The Balaban J connectivity index is 2.70. The molecule has 1 aromatic rings. The number of ether oxygens (including phenoxy) is 1. The van der Waals surface area contributed by atoms with E-state index in [2.05, 4.69) is 36.2 Å². The fourth-order valence-corrected chi connectivity index (χ4v) is 2.51. The van der Waals surface area contributed by atoms with Crippen molar-refractivity contribution in [2.45, 2.75) is 32.9 Å². The largest absolute Gasteiger partial charge is 0.396 e. The van der Waals surface area contributed by atoms with Crippen molar-refractivity contribution in [3.63, 3.8) is 0 Å². The lowest BCUT2D eigenvalue weighted by Gasteiger charge is -2.30. The van der Waals surface area contributed by atoms with Crippen molar-refractivity contribution in [2.75, 3.05) is 38.3 Å². The molecule has 4 nitrogen and oxygen atoms in total. The van der Waals surface area contributed by atoms with Gasteiger partial charge in [-0.1, -0.05) is 17.7 Å². The van der Waals surface area contributed by atoms with Crippen molar-refractivity contribution >= 4 is 17.3 Å². The Bertz CT molecular complexity index is 413. The molecule has 1 aromatic carbocycles. The van der Waals surface area contributed by atoms with E-state index in [1.807, 2.05) is 6.07 Å². The molecule has 5 heteroatoms. The van der Waals surface area contributed by atoms with Crippen LogP contribution in [0.3, 0.4) is 0 Å². The number of nitrogens with zero attached hydrogens (tertiary/aromatic N) is 1. The summed E-state index contributed by atoms with van der Waals surface area (Å²) in [6, 6.07) is 6.51. The first-order valence-electron chi connectivity index (χ1n) is 7.45. The predicted molar refractivity (Wildman–Crippen MR) is 89.2 cm³/mol. The molecule has 0 aliphatic carbocycles. The molecule has 0 aromatic heterocycles. The van der Waals surface area contributed by atoms with Crippen molar-refractivity contribution in [1.29, 1.82) is 0 Å². The van der Waals surface area contributed by atoms with Crippen LogP contribution in [0.25, 0.3) is 0 Å². The number of halogens is 1. The Labute approximate surface area is 133 Å². The van der Waals surface area contributed by atoms with E-state index in [0.717, 1.165) is 42.3 Å². The maximum absolute atomic E-state index is 9.02. The third-order valence-corrected chi connectivity index (χ3v) is 3.62. The molecule has 0 saturated heterocycles. The first-order valence-corrected chi connectivity index (χ1v) is 7.83. The summed E-state index contributed by atoms with van der Waals surface area (Å²) in [6.45, 7) is 7.57. The Morgan fingerprint density at radius 2 is 2.14 bits per heavy atom. The molecule has 0 radical (unpaired) electrons. The topological polar surface area (TPSA) is 44.7 Å². The Kier molecular flexibility index (Phi) is 8.69. The van der Waals surface area contributed by atoms with Crippen molar-refractivity contribution in [3.05, 3.63) is 28.8 Å². The highest BCUT2D eigenvalue weighted by Gasteiger charge is 2.13. The summed E-state index contributed by atoms with van der Waals surface area (Å²) in [7, 11) is 1.69. The molecular weight excluding hydrogens is 288 g/mol. The third-order valence-electron chi connectivity index (χ3n) is 3.31. The van der Waals surface area contributed by atoms with Gasteiger partial charge in [-0.25, -0.2) is 0 Å². The average Bonchev–Trinajstić information content (AvgIpc) is 2.45. The van der Waals surface area contributed by atoms with Crippen LogP contribution in [0.15, 0.2) is 18.2 Å². The maximum Gasteiger partial charge on any atom is 0.0642 e.